The van der Waals surface area contributed by atoms with Gasteiger partial charge in [0.15, 0.2) is 0 Å². The zero-order valence-corrected chi connectivity index (χ0v) is 19.8. The zero-order valence-electron chi connectivity index (χ0n) is 19.8. The third-order valence-corrected chi connectivity index (χ3v) is 5.86. The number of amides is 1. The molecule has 2 aromatic heterocycles. The maximum Gasteiger partial charge on any atom is 0.277 e. The maximum atomic E-state index is 13.3. The van der Waals surface area contributed by atoms with Crippen molar-refractivity contribution >= 4 is 17.2 Å². The van der Waals surface area contributed by atoms with E-state index in [4.69, 9.17) is 9.47 Å². The van der Waals surface area contributed by atoms with Gasteiger partial charge in [0.05, 0.1) is 19.4 Å². The van der Waals surface area contributed by atoms with Crippen LogP contribution in [-0.4, -0.2) is 33.8 Å². The van der Waals surface area contributed by atoms with Crippen LogP contribution in [0.15, 0.2) is 59.4 Å². The summed E-state index contributed by atoms with van der Waals surface area (Å²) in [7, 11) is 3.50. The molecule has 0 saturated heterocycles. The molecule has 0 fully saturated rings. The van der Waals surface area contributed by atoms with Crippen molar-refractivity contribution in [2.45, 2.75) is 26.7 Å². The van der Waals surface area contributed by atoms with Crippen LogP contribution in [0.2, 0.25) is 0 Å². The molecule has 8 nitrogen and oxygen atoms in total. The monoisotopic (exact) mass is 460 g/mol. The molecule has 0 saturated carbocycles. The Labute approximate surface area is 197 Å². The van der Waals surface area contributed by atoms with Gasteiger partial charge in [-0.3, -0.25) is 9.59 Å². The molecule has 0 radical (unpaired) electrons. The third kappa shape index (κ3) is 4.52. The lowest BCUT2D eigenvalue weighted by molar-refractivity contribution is -0.116. The molecule has 4 rings (SSSR count). The zero-order chi connectivity index (χ0) is 24.2. The van der Waals surface area contributed by atoms with Gasteiger partial charge in [-0.25, -0.2) is 0 Å². The molecule has 0 unspecified atom stereocenters. The second-order valence-electron chi connectivity index (χ2n) is 7.93. The minimum Gasteiger partial charge on any atom is -0.496 e. The Balaban J connectivity index is 1.57. The van der Waals surface area contributed by atoms with Gasteiger partial charge in [0.1, 0.15) is 17.1 Å². The van der Waals surface area contributed by atoms with Crippen molar-refractivity contribution < 1.29 is 14.3 Å². The van der Waals surface area contributed by atoms with Gasteiger partial charge in [-0.2, -0.15) is 9.61 Å². The number of ether oxygens (including phenoxy) is 2. The van der Waals surface area contributed by atoms with Crippen LogP contribution in [0.25, 0.3) is 16.9 Å². The highest BCUT2D eigenvalue weighted by atomic mass is 16.5. The van der Waals surface area contributed by atoms with Gasteiger partial charge in [0.25, 0.3) is 5.56 Å². The van der Waals surface area contributed by atoms with Gasteiger partial charge in [-0.05, 0) is 56.7 Å². The number of anilines is 1. The fraction of sp³-hybridized carbons (Fsp3) is 0.269. The Morgan fingerprint density at radius 1 is 1.12 bits per heavy atom. The number of hydrogen-bond acceptors (Lipinski definition) is 5. The van der Waals surface area contributed by atoms with Gasteiger partial charge >= 0.3 is 0 Å². The average Bonchev–Trinajstić information content (AvgIpc) is 3.30. The lowest BCUT2D eigenvalue weighted by Crippen LogP contribution is -2.26. The van der Waals surface area contributed by atoms with Crippen molar-refractivity contribution in [1.82, 2.24) is 14.2 Å². The van der Waals surface area contributed by atoms with E-state index >= 15 is 0 Å². The summed E-state index contributed by atoms with van der Waals surface area (Å²) in [6.45, 7) is 4.39. The number of fused-ring (bicyclic) bond motifs is 1. The molecule has 0 bridgehead atoms. The number of hydrogen-bond donors (Lipinski definition) is 1. The van der Waals surface area contributed by atoms with Crippen LogP contribution in [0.3, 0.4) is 0 Å². The van der Waals surface area contributed by atoms with Crippen LogP contribution in [0.5, 0.6) is 11.5 Å². The highest BCUT2D eigenvalue weighted by molar-refractivity contribution is 5.90. The van der Waals surface area contributed by atoms with Crippen molar-refractivity contribution in [3.63, 3.8) is 0 Å². The number of carbonyl (C=O) groups excluding carboxylic acids is 1. The number of aryl methyl sites for hydroxylation is 1. The minimum atomic E-state index is -0.222. The minimum absolute atomic E-state index is 0.166. The van der Waals surface area contributed by atoms with Crippen LogP contribution >= 0.6 is 0 Å². The summed E-state index contributed by atoms with van der Waals surface area (Å²) >= 11 is 0. The van der Waals surface area contributed by atoms with Gasteiger partial charge in [-0.1, -0.05) is 12.1 Å². The first-order valence-electron chi connectivity index (χ1n) is 11.2. The molecule has 0 spiro atoms. The van der Waals surface area contributed by atoms with Crippen LogP contribution in [-0.2, 0) is 18.3 Å². The van der Waals surface area contributed by atoms with Crippen molar-refractivity contribution in [2.75, 3.05) is 19.0 Å². The Hall–Kier alpha value is -4.07. The molecule has 34 heavy (non-hydrogen) atoms. The number of nitrogens with one attached hydrogen (secondary N) is 1. The lowest BCUT2D eigenvalue weighted by atomic mass is 10.1. The average molecular weight is 461 g/mol. The topological polar surface area (TPSA) is 86.9 Å². The normalized spacial score (nSPS) is 10.9. The summed E-state index contributed by atoms with van der Waals surface area (Å²) in [6, 6.07) is 16.6. The highest BCUT2D eigenvalue weighted by Gasteiger charge is 2.18. The van der Waals surface area contributed by atoms with E-state index in [9.17, 15) is 9.59 Å². The molecule has 1 amide bonds. The molecule has 2 aromatic carbocycles. The summed E-state index contributed by atoms with van der Waals surface area (Å²) in [6.07, 6.45) is 0.483. The number of rotatable bonds is 8. The van der Waals surface area contributed by atoms with Crippen LogP contribution in [0.1, 0.15) is 24.6 Å². The van der Waals surface area contributed by atoms with Crippen molar-refractivity contribution in [2.24, 2.45) is 7.05 Å². The molecule has 2 heterocycles. The third-order valence-electron chi connectivity index (χ3n) is 5.86. The largest absolute Gasteiger partial charge is 0.496 e. The van der Waals surface area contributed by atoms with E-state index in [1.807, 2.05) is 67.9 Å². The summed E-state index contributed by atoms with van der Waals surface area (Å²) in [5.41, 5.74) is 3.95. The second-order valence-corrected chi connectivity index (χ2v) is 7.93. The smallest absolute Gasteiger partial charge is 0.277 e. The van der Waals surface area contributed by atoms with Gasteiger partial charge < -0.3 is 19.4 Å². The molecule has 0 aliphatic heterocycles. The number of para-hydroxylation sites is 1. The molecule has 0 aliphatic carbocycles. The second kappa shape index (κ2) is 9.82. The summed E-state index contributed by atoms with van der Waals surface area (Å²) < 4.78 is 14.2. The number of carbonyl (C=O) groups is 1. The fourth-order valence-electron chi connectivity index (χ4n) is 3.96. The van der Waals surface area contributed by atoms with E-state index in [0.717, 1.165) is 17.0 Å². The summed E-state index contributed by atoms with van der Waals surface area (Å²) in [5.74, 6) is 1.27. The van der Waals surface area contributed by atoms with Crippen LogP contribution in [0.4, 0.5) is 5.69 Å². The number of aromatic nitrogens is 3. The Morgan fingerprint density at radius 3 is 2.56 bits per heavy atom. The molecule has 4 aromatic rings. The Kier molecular flexibility index (Phi) is 6.67. The molecule has 0 atom stereocenters. The van der Waals surface area contributed by atoms with E-state index in [2.05, 4.69) is 10.4 Å². The van der Waals surface area contributed by atoms with Gasteiger partial charge in [0.2, 0.25) is 5.91 Å². The van der Waals surface area contributed by atoms with E-state index in [1.54, 1.807) is 19.2 Å². The SMILES string of the molecule is CCOc1ccc(NC(=O)CCc2c(C)n(C)c3cc(-c4ccccc4OC)nn3c2=O)cc1. The standard InChI is InChI=1S/C26H28N4O4/c1-5-34-19-12-10-18(11-13-19)27-24(31)15-14-20-17(2)29(3)25-16-22(28-30(25)26(20)32)21-8-6-7-9-23(21)33-4/h6-13,16H,5,14-15H2,1-4H3,(H,27,31). The van der Waals surface area contributed by atoms with Crippen LogP contribution in [0, 0.1) is 6.92 Å². The molecule has 0 aliphatic rings. The highest BCUT2D eigenvalue weighted by Crippen LogP contribution is 2.29. The van der Waals surface area contributed by atoms with Gasteiger partial charge in [-0.15, -0.1) is 0 Å². The predicted octanol–water partition coefficient (Wildman–Crippen LogP) is 3.99. The molecule has 176 valence electrons. The van der Waals surface area contributed by atoms with E-state index in [1.165, 1.54) is 4.52 Å². The molecular weight excluding hydrogens is 432 g/mol. The van der Waals surface area contributed by atoms with Crippen molar-refractivity contribution in [3.8, 4) is 22.8 Å². The molecule has 1 N–H and O–H groups in total. The first-order valence-corrected chi connectivity index (χ1v) is 11.2. The summed E-state index contributed by atoms with van der Waals surface area (Å²) in [5, 5.41) is 7.43. The van der Waals surface area contributed by atoms with Crippen molar-refractivity contribution in [1.29, 1.82) is 0 Å². The lowest BCUT2D eigenvalue weighted by Gasteiger charge is -2.12. The summed E-state index contributed by atoms with van der Waals surface area (Å²) in [4.78, 5) is 25.8. The van der Waals surface area contributed by atoms with Crippen molar-refractivity contribution in [3.05, 3.63) is 76.2 Å². The fourth-order valence-corrected chi connectivity index (χ4v) is 3.96. The van der Waals surface area contributed by atoms with Gasteiger partial charge in [0, 0.05) is 42.0 Å². The number of methoxy groups -OCH3 is 1. The van der Waals surface area contributed by atoms with E-state index in [0.29, 0.717) is 41.4 Å². The molecule has 8 heteroatoms. The first kappa shape index (κ1) is 23.1. The first-order chi connectivity index (χ1) is 16.4. The van der Waals surface area contributed by atoms with E-state index < -0.39 is 0 Å². The molecular formula is C26H28N4O4. The quantitative estimate of drug-likeness (QED) is 0.430. The Morgan fingerprint density at radius 2 is 1.85 bits per heavy atom. The van der Waals surface area contributed by atoms with E-state index in [-0.39, 0.29) is 17.9 Å². The van der Waals surface area contributed by atoms with Crippen LogP contribution < -0.4 is 20.3 Å². The number of nitrogens with zero attached hydrogens (tertiary/aromatic N) is 3. The number of benzene rings is 2. The Bertz CT molecular complexity index is 1390. The predicted molar refractivity (Wildman–Crippen MR) is 132 cm³/mol. The maximum absolute atomic E-state index is 13.3.